The maximum atomic E-state index is 12.0. The summed E-state index contributed by atoms with van der Waals surface area (Å²) in [5, 5.41) is 0. The van der Waals surface area contributed by atoms with Crippen molar-refractivity contribution in [2.24, 2.45) is 35.0 Å². The summed E-state index contributed by atoms with van der Waals surface area (Å²) in [6, 6.07) is 0. The molecule has 1 heterocycles. The van der Waals surface area contributed by atoms with Gasteiger partial charge in [0, 0.05) is 12.8 Å². The number of carbonyl (C=O) groups is 1. The summed E-state index contributed by atoms with van der Waals surface area (Å²) in [5.74, 6) is 4.43. The fourth-order valence-electron chi connectivity index (χ4n) is 8.08. The third-order valence-electron chi connectivity index (χ3n) is 9.30. The molecule has 0 N–H and O–H groups in total. The summed E-state index contributed by atoms with van der Waals surface area (Å²) < 4.78 is 6.57. The summed E-state index contributed by atoms with van der Waals surface area (Å²) >= 11 is 0. The predicted molar refractivity (Wildman–Crippen MR) is 90.0 cm³/mol. The Hall–Kier alpha value is -0.370. The Morgan fingerprint density at radius 2 is 1.83 bits per heavy atom. The van der Waals surface area contributed by atoms with Gasteiger partial charge in [-0.3, -0.25) is 4.79 Å². The van der Waals surface area contributed by atoms with Crippen molar-refractivity contribution >= 4 is 5.78 Å². The minimum absolute atomic E-state index is 0.239. The molecule has 7 atom stereocenters. The smallest absolute Gasteiger partial charge is 0.133 e. The molecule has 1 saturated heterocycles. The first-order valence-electron chi connectivity index (χ1n) is 10.1. The number of rotatable bonds is 1. The van der Waals surface area contributed by atoms with Crippen LogP contribution in [0.3, 0.4) is 0 Å². The number of hydrogen-bond acceptors (Lipinski definition) is 2. The zero-order valence-electron chi connectivity index (χ0n) is 15.1. The van der Waals surface area contributed by atoms with E-state index in [0.29, 0.717) is 23.0 Å². The van der Waals surface area contributed by atoms with Crippen molar-refractivity contribution < 1.29 is 9.53 Å². The standard InChI is InChI=1S/C21H32O2/c1-13(2)20-10-8-18-16-5-4-14-12-15(22)6-9-19(14,3)17(16)7-11-21(18,20)23-20/h13-14,16-18H,4-12H2,1-3H3/t14?,16-,17?,18?,19+,20-,21-/m1/s1. The lowest BCUT2D eigenvalue weighted by molar-refractivity contribution is -0.136. The van der Waals surface area contributed by atoms with Gasteiger partial charge in [-0.05, 0) is 80.0 Å². The van der Waals surface area contributed by atoms with Gasteiger partial charge >= 0.3 is 0 Å². The molecule has 5 aliphatic rings. The highest BCUT2D eigenvalue weighted by molar-refractivity contribution is 5.79. The predicted octanol–water partition coefficient (Wildman–Crippen LogP) is 4.76. The molecule has 0 aromatic rings. The maximum absolute atomic E-state index is 12.0. The molecular formula is C21H32O2. The lowest BCUT2D eigenvalue weighted by Gasteiger charge is -2.57. The van der Waals surface area contributed by atoms with E-state index in [1.54, 1.807) is 0 Å². The van der Waals surface area contributed by atoms with E-state index in [-0.39, 0.29) is 11.2 Å². The number of hydrogen-bond donors (Lipinski definition) is 0. The third kappa shape index (κ3) is 1.62. The second-order valence-corrected chi connectivity index (χ2v) is 10.0. The van der Waals surface area contributed by atoms with Crippen molar-refractivity contribution in [3.63, 3.8) is 0 Å². The van der Waals surface area contributed by atoms with Crippen LogP contribution in [0.5, 0.6) is 0 Å². The molecule has 4 aliphatic carbocycles. The first kappa shape index (κ1) is 14.9. The van der Waals surface area contributed by atoms with Crippen molar-refractivity contribution in [2.75, 3.05) is 0 Å². The molecule has 0 aromatic carbocycles. The molecule has 0 aromatic heterocycles. The van der Waals surface area contributed by atoms with Crippen LogP contribution in [0.4, 0.5) is 0 Å². The Morgan fingerprint density at radius 3 is 2.57 bits per heavy atom. The second kappa shape index (κ2) is 4.42. The first-order chi connectivity index (χ1) is 10.9. The van der Waals surface area contributed by atoms with E-state index in [1.165, 1.54) is 38.5 Å². The molecule has 23 heavy (non-hydrogen) atoms. The minimum Gasteiger partial charge on any atom is -0.362 e. The number of epoxide rings is 1. The summed E-state index contributed by atoms with van der Waals surface area (Å²) in [6.07, 6.45) is 10.9. The van der Waals surface area contributed by atoms with Crippen molar-refractivity contribution in [3.8, 4) is 0 Å². The monoisotopic (exact) mass is 316 g/mol. The topological polar surface area (TPSA) is 29.6 Å². The van der Waals surface area contributed by atoms with Crippen LogP contribution in [-0.2, 0) is 9.53 Å². The van der Waals surface area contributed by atoms with Crippen LogP contribution in [0.2, 0.25) is 0 Å². The van der Waals surface area contributed by atoms with Crippen molar-refractivity contribution in [1.29, 1.82) is 0 Å². The molecule has 0 radical (unpaired) electrons. The maximum Gasteiger partial charge on any atom is 0.133 e. The van der Waals surface area contributed by atoms with Gasteiger partial charge in [0.1, 0.15) is 17.0 Å². The lowest BCUT2D eigenvalue weighted by atomic mass is 9.46. The van der Waals surface area contributed by atoms with E-state index in [2.05, 4.69) is 20.8 Å². The van der Waals surface area contributed by atoms with E-state index in [9.17, 15) is 4.79 Å². The van der Waals surface area contributed by atoms with Crippen LogP contribution in [0, 0.1) is 35.0 Å². The van der Waals surface area contributed by atoms with Gasteiger partial charge in [0.25, 0.3) is 0 Å². The van der Waals surface area contributed by atoms with Gasteiger partial charge in [-0.15, -0.1) is 0 Å². The SMILES string of the molecule is CC(C)[C@]12CCC3[C@@H]4CCC5CC(=O)CC[C@]5(C)C4CC[C@@]31O2. The Labute approximate surface area is 140 Å². The van der Waals surface area contributed by atoms with E-state index >= 15 is 0 Å². The van der Waals surface area contributed by atoms with Gasteiger partial charge < -0.3 is 4.74 Å². The number of ketones is 1. The van der Waals surface area contributed by atoms with E-state index < -0.39 is 0 Å². The zero-order valence-corrected chi connectivity index (χ0v) is 15.1. The number of carbonyl (C=O) groups excluding carboxylic acids is 1. The number of Topliss-reactive ketones (excluding diaryl/α,β-unsaturated/α-hetero) is 1. The van der Waals surface area contributed by atoms with E-state index in [4.69, 9.17) is 4.74 Å². The molecule has 0 amide bonds. The van der Waals surface area contributed by atoms with Gasteiger partial charge in [-0.2, -0.15) is 0 Å². The quantitative estimate of drug-likeness (QED) is 0.653. The van der Waals surface area contributed by atoms with E-state index in [1.807, 2.05) is 0 Å². The first-order valence-corrected chi connectivity index (χ1v) is 10.1. The van der Waals surface area contributed by atoms with Crippen LogP contribution in [0.15, 0.2) is 0 Å². The minimum atomic E-state index is 0.239. The van der Waals surface area contributed by atoms with Crippen LogP contribution >= 0.6 is 0 Å². The highest BCUT2D eigenvalue weighted by Gasteiger charge is 2.79. The average molecular weight is 316 g/mol. The molecule has 5 rings (SSSR count). The number of fused-ring (bicyclic) bond motifs is 4. The number of ether oxygens (including phenoxy) is 1. The summed E-state index contributed by atoms with van der Waals surface area (Å²) in [4.78, 5) is 12.0. The van der Waals surface area contributed by atoms with Gasteiger partial charge in [-0.25, -0.2) is 0 Å². The van der Waals surface area contributed by atoms with Gasteiger partial charge in [0.05, 0.1) is 0 Å². The zero-order chi connectivity index (χ0) is 16.0. The Morgan fingerprint density at radius 1 is 1.04 bits per heavy atom. The summed E-state index contributed by atoms with van der Waals surface area (Å²) in [7, 11) is 0. The highest BCUT2D eigenvalue weighted by atomic mass is 16.6. The molecule has 5 fully saturated rings. The summed E-state index contributed by atoms with van der Waals surface area (Å²) in [6.45, 7) is 7.28. The van der Waals surface area contributed by atoms with Crippen LogP contribution < -0.4 is 0 Å². The third-order valence-corrected chi connectivity index (χ3v) is 9.30. The molecule has 3 unspecified atom stereocenters. The van der Waals surface area contributed by atoms with Crippen molar-refractivity contribution in [1.82, 2.24) is 0 Å². The molecule has 1 spiro atoms. The van der Waals surface area contributed by atoms with Crippen molar-refractivity contribution in [3.05, 3.63) is 0 Å². The fourth-order valence-corrected chi connectivity index (χ4v) is 8.08. The molecule has 128 valence electrons. The lowest BCUT2D eigenvalue weighted by Crippen LogP contribution is -2.53. The Kier molecular flexibility index (Phi) is 2.87. The molecule has 1 aliphatic heterocycles. The van der Waals surface area contributed by atoms with Crippen molar-refractivity contribution in [2.45, 2.75) is 89.8 Å². The van der Waals surface area contributed by atoms with Gasteiger partial charge in [0.15, 0.2) is 0 Å². The highest BCUT2D eigenvalue weighted by Crippen LogP contribution is 2.75. The Bertz CT molecular complexity index is 554. The molecular weight excluding hydrogens is 284 g/mol. The fraction of sp³-hybridized carbons (Fsp3) is 0.952. The van der Waals surface area contributed by atoms with Gasteiger partial charge in [-0.1, -0.05) is 20.8 Å². The largest absolute Gasteiger partial charge is 0.362 e. The molecule has 4 saturated carbocycles. The summed E-state index contributed by atoms with van der Waals surface area (Å²) in [5.41, 5.74) is 0.940. The normalized spacial score (nSPS) is 57.5. The molecule has 2 nitrogen and oxygen atoms in total. The molecule has 0 bridgehead atoms. The van der Waals surface area contributed by atoms with Crippen LogP contribution in [0.25, 0.3) is 0 Å². The van der Waals surface area contributed by atoms with E-state index in [0.717, 1.165) is 37.0 Å². The van der Waals surface area contributed by atoms with Gasteiger partial charge in [0.2, 0.25) is 0 Å². The average Bonchev–Trinajstić information content (AvgIpc) is 3.05. The Balaban J connectivity index is 1.45. The van der Waals surface area contributed by atoms with Crippen LogP contribution in [0.1, 0.15) is 78.6 Å². The second-order valence-electron chi connectivity index (χ2n) is 10.0. The van der Waals surface area contributed by atoms with Crippen LogP contribution in [-0.4, -0.2) is 17.0 Å². The molecule has 2 heteroatoms.